The first-order valence-corrected chi connectivity index (χ1v) is 9.39. The molecule has 0 saturated heterocycles. The van der Waals surface area contributed by atoms with Gasteiger partial charge in [0.05, 0.1) is 0 Å². The van der Waals surface area contributed by atoms with Crippen molar-refractivity contribution in [2.24, 2.45) is 5.73 Å². The topological polar surface area (TPSA) is 95.3 Å². The number of imidazole rings is 1. The minimum absolute atomic E-state index is 0.0793. The monoisotopic (exact) mass is 375 g/mol. The summed E-state index contributed by atoms with van der Waals surface area (Å²) in [6, 6.07) is 8.77. The maximum atomic E-state index is 13.3. The van der Waals surface area contributed by atoms with E-state index in [4.69, 9.17) is 17.3 Å². The van der Waals surface area contributed by atoms with Gasteiger partial charge in [0.1, 0.15) is 5.65 Å². The number of nitrogens with zero attached hydrogens (tertiary/aromatic N) is 4. The normalized spacial score (nSPS) is 12.2. The van der Waals surface area contributed by atoms with Crippen LogP contribution in [0.1, 0.15) is 5.56 Å². The average Bonchev–Trinajstić information content (AvgIpc) is 3.13. The Hall–Kier alpha value is -2.42. The molecule has 0 aliphatic carbocycles. The first-order valence-electron chi connectivity index (χ1n) is 7.57. The zero-order valence-corrected chi connectivity index (χ0v) is 14.6. The number of hydrogen-bond donors (Lipinski definition) is 1. The van der Waals surface area contributed by atoms with Crippen LogP contribution in [-0.2, 0) is 16.4 Å². The summed E-state index contributed by atoms with van der Waals surface area (Å²) in [5.41, 5.74) is 7.26. The molecular formula is C16H14ClN5O2S. The summed E-state index contributed by atoms with van der Waals surface area (Å²) < 4.78 is 29.2. The van der Waals surface area contributed by atoms with E-state index in [1.165, 1.54) is 4.40 Å². The Kier molecular flexibility index (Phi) is 3.75. The second-order valence-electron chi connectivity index (χ2n) is 5.51. The fraction of sp³-hybridized carbons (Fsp3) is 0.125. The van der Waals surface area contributed by atoms with Crippen LogP contribution in [0, 0.1) is 0 Å². The van der Waals surface area contributed by atoms with E-state index in [0.29, 0.717) is 24.3 Å². The van der Waals surface area contributed by atoms with Gasteiger partial charge in [-0.05, 0) is 42.8 Å². The van der Waals surface area contributed by atoms with Crippen LogP contribution in [0.5, 0.6) is 0 Å². The average molecular weight is 376 g/mol. The summed E-state index contributed by atoms with van der Waals surface area (Å²) in [5, 5.41) is 0.581. The lowest BCUT2D eigenvalue weighted by Gasteiger charge is -2.07. The maximum absolute atomic E-state index is 13.3. The first kappa shape index (κ1) is 16.1. The lowest BCUT2D eigenvalue weighted by atomic mass is 10.2. The molecule has 0 radical (unpaired) electrons. The van der Waals surface area contributed by atoms with E-state index < -0.39 is 10.0 Å². The number of halogens is 1. The van der Waals surface area contributed by atoms with Crippen LogP contribution in [0.25, 0.3) is 16.7 Å². The van der Waals surface area contributed by atoms with Crippen molar-refractivity contribution in [1.82, 2.24) is 18.3 Å². The van der Waals surface area contributed by atoms with Gasteiger partial charge < -0.3 is 5.73 Å². The van der Waals surface area contributed by atoms with Crippen LogP contribution in [-0.4, -0.2) is 33.3 Å². The second kappa shape index (κ2) is 5.83. The molecule has 0 unspecified atom stereocenters. The molecule has 0 spiro atoms. The van der Waals surface area contributed by atoms with E-state index in [1.54, 1.807) is 42.9 Å². The van der Waals surface area contributed by atoms with Crippen molar-refractivity contribution in [2.45, 2.75) is 11.4 Å². The summed E-state index contributed by atoms with van der Waals surface area (Å²) >= 11 is 6.16. The fourth-order valence-corrected chi connectivity index (χ4v) is 4.86. The van der Waals surface area contributed by atoms with Crippen LogP contribution >= 0.6 is 11.6 Å². The molecule has 4 aromatic rings. The molecule has 4 rings (SSSR count). The SMILES string of the molecule is NCCc1cn(S(=O)(=O)c2c(Cl)nc3ccccn23)c2ncccc12. The first-order chi connectivity index (χ1) is 12.0. The van der Waals surface area contributed by atoms with Gasteiger partial charge in [0.25, 0.3) is 10.0 Å². The van der Waals surface area contributed by atoms with E-state index in [1.807, 2.05) is 6.07 Å². The largest absolute Gasteiger partial charge is 0.330 e. The molecule has 0 amide bonds. The summed E-state index contributed by atoms with van der Waals surface area (Å²) in [6.45, 7) is 0.407. The van der Waals surface area contributed by atoms with Crippen LogP contribution in [0.3, 0.4) is 0 Å². The predicted octanol–water partition coefficient (Wildman–Crippen LogP) is 2.08. The molecule has 4 aromatic heterocycles. The van der Waals surface area contributed by atoms with Crippen molar-refractivity contribution in [3.8, 4) is 0 Å². The zero-order valence-electron chi connectivity index (χ0n) is 13.0. The highest BCUT2D eigenvalue weighted by Gasteiger charge is 2.28. The van der Waals surface area contributed by atoms with Gasteiger partial charge in [-0.15, -0.1) is 0 Å². The highest BCUT2D eigenvalue weighted by atomic mass is 35.5. The molecule has 2 N–H and O–H groups in total. The van der Waals surface area contributed by atoms with Gasteiger partial charge in [0, 0.05) is 24.0 Å². The molecule has 128 valence electrons. The standard InChI is InChI=1S/C16H14ClN5O2S/c17-14-16(21-9-2-1-5-13(21)20-14)25(23,24)22-10-11(6-7-18)12-4-3-8-19-15(12)22/h1-5,8-10H,6-7,18H2. The third-order valence-corrected chi connectivity index (χ3v) is 6.03. The molecule has 0 atom stereocenters. The fourth-order valence-electron chi connectivity index (χ4n) is 2.90. The Morgan fingerprint density at radius 1 is 1.20 bits per heavy atom. The van der Waals surface area contributed by atoms with E-state index >= 15 is 0 Å². The smallest absolute Gasteiger partial charge is 0.288 e. The van der Waals surface area contributed by atoms with Gasteiger partial charge in [0.15, 0.2) is 15.8 Å². The number of rotatable bonds is 4. The Morgan fingerprint density at radius 3 is 2.84 bits per heavy atom. The Balaban J connectivity index is 2.03. The molecule has 7 nitrogen and oxygen atoms in total. The third-order valence-electron chi connectivity index (χ3n) is 3.98. The van der Waals surface area contributed by atoms with Crippen LogP contribution in [0.15, 0.2) is 53.9 Å². The van der Waals surface area contributed by atoms with Crippen molar-refractivity contribution in [3.63, 3.8) is 0 Å². The van der Waals surface area contributed by atoms with Crippen molar-refractivity contribution in [3.05, 3.63) is 59.6 Å². The number of aromatic nitrogens is 4. The molecule has 0 bridgehead atoms. The summed E-state index contributed by atoms with van der Waals surface area (Å²) in [7, 11) is -4.00. The number of nitrogens with two attached hydrogens (primary N) is 1. The molecule has 0 aliphatic heterocycles. The van der Waals surface area contributed by atoms with E-state index in [0.717, 1.165) is 14.9 Å². The Labute approximate surface area is 148 Å². The number of pyridine rings is 2. The molecule has 4 heterocycles. The predicted molar refractivity (Wildman–Crippen MR) is 95.3 cm³/mol. The van der Waals surface area contributed by atoms with Gasteiger partial charge in [-0.2, -0.15) is 8.42 Å². The van der Waals surface area contributed by atoms with Gasteiger partial charge in [-0.25, -0.2) is 13.9 Å². The van der Waals surface area contributed by atoms with Crippen LogP contribution in [0.4, 0.5) is 0 Å². The molecule has 25 heavy (non-hydrogen) atoms. The Bertz CT molecular complexity index is 1200. The minimum atomic E-state index is -4.00. The van der Waals surface area contributed by atoms with Gasteiger partial charge >= 0.3 is 0 Å². The van der Waals surface area contributed by atoms with Crippen molar-refractivity contribution < 1.29 is 8.42 Å². The molecular weight excluding hydrogens is 362 g/mol. The highest BCUT2D eigenvalue weighted by Crippen LogP contribution is 2.29. The maximum Gasteiger partial charge on any atom is 0.288 e. The minimum Gasteiger partial charge on any atom is -0.330 e. The Morgan fingerprint density at radius 2 is 2.04 bits per heavy atom. The van der Waals surface area contributed by atoms with Crippen LogP contribution in [0.2, 0.25) is 5.15 Å². The summed E-state index contributed by atoms with van der Waals surface area (Å²) in [5.74, 6) is 0. The molecule has 0 fully saturated rings. The van der Waals surface area contributed by atoms with E-state index in [9.17, 15) is 8.42 Å². The number of hydrogen-bond acceptors (Lipinski definition) is 5. The van der Waals surface area contributed by atoms with E-state index in [-0.39, 0.29) is 10.2 Å². The lowest BCUT2D eigenvalue weighted by molar-refractivity contribution is 0.583. The summed E-state index contributed by atoms with van der Waals surface area (Å²) in [6.07, 6.45) is 5.27. The van der Waals surface area contributed by atoms with Crippen molar-refractivity contribution in [2.75, 3.05) is 6.54 Å². The number of fused-ring (bicyclic) bond motifs is 2. The highest BCUT2D eigenvalue weighted by molar-refractivity contribution is 7.90. The summed E-state index contributed by atoms with van der Waals surface area (Å²) in [4.78, 5) is 8.36. The van der Waals surface area contributed by atoms with Gasteiger partial charge in [0.2, 0.25) is 0 Å². The molecule has 0 saturated carbocycles. The molecule has 9 heteroatoms. The molecule has 0 aliphatic rings. The second-order valence-corrected chi connectivity index (χ2v) is 7.59. The third kappa shape index (κ3) is 2.41. The van der Waals surface area contributed by atoms with E-state index in [2.05, 4.69) is 9.97 Å². The van der Waals surface area contributed by atoms with Crippen molar-refractivity contribution in [1.29, 1.82) is 0 Å². The van der Waals surface area contributed by atoms with Crippen molar-refractivity contribution >= 4 is 38.3 Å². The van der Waals surface area contributed by atoms with Gasteiger partial charge in [-0.3, -0.25) is 4.40 Å². The zero-order chi connectivity index (χ0) is 17.6. The molecule has 0 aromatic carbocycles. The quantitative estimate of drug-likeness (QED) is 0.589. The van der Waals surface area contributed by atoms with Crippen LogP contribution < -0.4 is 5.73 Å². The van der Waals surface area contributed by atoms with Gasteiger partial charge in [-0.1, -0.05) is 17.7 Å². The lowest BCUT2D eigenvalue weighted by Crippen LogP contribution is -2.15.